The van der Waals surface area contributed by atoms with Crippen molar-refractivity contribution in [3.8, 4) is 22.5 Å². The van der Waals surface area contributed by atoms with Crippen molar-refractivity contribution in [3.05, 3.63) is 77.9 Å². The molecule has 26 heavy (non-hydrogen) atoms. The first-order valence-electron chi connectivity index (χ1n) is 8.40. The van der Waals surface area contributed by atoms with Crippen molar-refractivity contribution in [2.75, 3.05) is 0 Å². The fraction of sp³-hybridized carbons (Fsp3) is 0.227. The number of halogens is 3. The van der Waals surface area contributed by atoms with Crippen LogP contribution < -0.4 is 0 Å². The first kappa shape index (κ1) is 18.2. The van der Waals surface area contributed by atoms with Gasteiger partial charge in [0.15, 0.2) is 0 Å². The summed E-state index contributed by atoms with van der Waals surface area (Å²) in [5.41, 5.74) is 2.37. The van der Waals surface area contributed by atoms with Crippen LogP contribution in [0.1, 0.15) is 31.9 Å². The Labute approximate surface area is 151 Å². The molecule has 1 aromatic heterocycles. The van der Waals surface area contributed by atoms with Crippen LogP contribution in [0.3, 0.4) is 0 Å². The lowest BCUT2D eigenvalue weighted by molar-refractivity contribution is -0.137. The molecular formula is C22H20F3N. The van der Waals surface area contributed by atoms with Crippen LogP contribution in [0.15, 0.2) is 66.7 Å². The van der Waals surface area contributed by atoms with E-state index >= 15 is 0 Å². The number of nitrogens with zero attached hydrogens (tertiary/aromatic N) is 1. The number of hydrogen-bond donors (Lipinski definition) is 0. The van der Waals surface area contributed by atoms with Crippen LogP contribution in [0.4, 0.5) is 13.2 Å². The number of benzene rings is 2. The highest BCUT2D eigenvalue weighted by Crippen LogP contribution is 2.35. The quantitative estimate of drug-likeness (QED) is 0.496. The number of aromatic nitrogens is 1. The molecule has 0 bridgehead atoms. The van der Waals surface area contributed by atoms with Crippen molar-refractivity contribution in [3.63, 3.8) is 0 Å². The molecule has 0 saturated heterocycles. The van der Waals surface area contributed by atoms with Gasteiger partial charge in [0.05, 0.1) is 17.0 Å². The first-order chi connectivity index (χ1) is 12.1. The Morgan fingerprint density at radius 1 is 0.654 bits per heavy atom. The third-order valence-corrected chi connectivity index (χ3v) is 4.27. The molecule has 0 aliphatic rings. The maximum atomic E-state index is 13.4. The lowest BCUT2D eigenvalue weighted by atomic mass is 9.86. The molecule has 3 aromatic rings. The summed E-state index contributed by atoms with van der Waals surface area (Å²) in [5, 5.41) is 0. The minimum atomic E-state index is -4.42. The van der Waals surface area contributed by atoms with Gasteiger partial charge in [0.25, 0.3) is 0 Å². The van der Waals surface area contributed by atoms with Crippen molar-refractivity contribution in [2.45, 2.75) is 32.4 Å². The van der Waals surface area contributed by atoms with Crippen LogP contribution in [0.2, 0.25) is 0 Å². The Morgan fingerprint density at radius 2 is 1.15 bits per heavy atom. The van der Waals surface area contributed by atoms with E-state index in [0.717, 1.165) is 17.7 Å². The van der Waals surface area contributed by atoms with Crippen LogP contribution in [0.5, 0.6) is 0 Å². The summed E-state index contributed by atoms with van der Waals surface area (Å²) in [7, 11) is 0. The van der Waals surface area contributed by atoms with Crippen LogP contribution in [-0.4, -0.2) is 4.98 Å². The molecule has 0 aliphatic heterocycles. The van der Waals surface area contributed by atoms with E-state index in [2.05, 4.69) is 25.8 Å². The standard InChI is InChI=1S/C22H20F3N/c1-21(2,3)17-11-9-16(10-12-17)20-14-18(22(23,24)25)13-19(26-20)15-7-5-4-6-8-15/h4-14H,1-3H3. The van der Waals surface area contributed by atoms with E-state index in [0.29, 0.717) is 22.5 Å². The summed E-state index contributed by atoms with van der Waals surface area (Å²) in [6.07, 6.45) is -4.42. The first-order valence-corrected chi connectivity index (χ1v) is 8.40. The molecule has 0 N–H and O–H groups in total. The van der Waals surface area contributed by atoms with Gasteiger partial charge < -0.3 is 0 Å². The molecule has 1 nitrogen and oxygen atoms in total. The van der Waals surface area contributed by atoms with Crippen molar-refractivity contribution in [2.24, 2.45) is 0 Å². The van der Waals surface area contributed by atoms with E-state index in [9.17, 15) is 13.2 Å². The summed E-state index contributed by atoms with van der Waals surface area (Å²) in [6.45, 7) is 6.29. The Hall–Kier alpha value is -2.62. The van der Waals surface area contributed by atoms with E-state index in [1.54, 1.807) is 24.3 Å². The summed E-state index contributed by atoms with van der Waals surface area (Å²) < 4.78 is 40.1. The van der Waals surface area contributed by atoms with E-state index < -0.39 is 11.7 Å². The predicted octanol–water partition coefficient (Wildman–Crippen LogP) is 6.73. The Morgan fingerprint density at radius 3 is 1.62 bits per heavy atom. The summed E-state index contributed by atoms with van der Waals surface area (Å²) >= 11 is 0. The molecule has 0 amide bonds. The van der Waals surface area contributed by atoms with E-state index in [1.807, 2.05) is 30.3 Å². The summed E-state index contributed by atoms with van der Waals surface area (Å²) in [6, 6.07) is 18.7. The van der Waals surface area contributed by atoms with Gasteiger partial charge in [0, 0.05) is 11.1 Å². The second-order valence-electron chi connectivity index (χ2n) is 7.32. The Balaban J connectivity index is 2.12. The Kier molecular flexibility index (Phi) is 4.61. The zero-order valence-corrected chi connectivity index (χ0v) is 14.9. The fourth-order valence-electron chi connectivity index (χ4n) is 2.74. The van der Waals surface area contributed by atoms with Crippen molar-refractivity contribution < 1.29 is 13.2 Å². The maximum Gasteiger partial charge on any atom is 0.416 e. The smallest absolute Gasteiger partial charge is 0.248 e. The Bertz CT molecular complexity index is 889. The maximum absolute atomic E-state index is 13.4. The second-order valence-corrected chi connectivity index (χ2v) is 7.32. The van der Waals surface area contributed by atoms with Crippen LogP contribution in [-0.2, 0) is 11.6 Å². The minimum absolute atomic E-state index is 0.0189. The van der Waals surface area contributed by atoms with Gasteiger partial charge in [-0.05, 0) is 23.1 Å². The van der Waals surface area contributed by atoms with Gasteiger partial charge in [0.1, 0.15) is 0 Å². The van der Waals surface area contributed by atoms with Gasteiger partial charge in [-0.25, -0.2) is 4.98 Å². The molecule has 0 unspecified atom stereocenters. The topological polar surface area (TPSA) is 12.9 Å². The lowest BCUT2D eigenvalue weighted by Gasteiger charge is -2.19. The normalized spacial score (nSPS) is 12.2. The predicted molar refractivity (Wildman–Crippen MR) is 98.8 cm³/mol. The van der Waals surface area contributed by atoms with E-state index in [-0.39, 0.29) is 5.41 Å². The second kappa shape index (κ2) is 6.60. The largest absolute Gasteiger partial charge is 0.416 e. The number of hydrogen-bond acceptors (Lipinski definition) is 1. The molecule has 134 valence electrons. The molecule has 1 heterocycles. The third-order valence-electron chi connectivity index (χ3n) is 4.27. The highest BCUT2D eigenvalue weighted by atomic mass is 19.4. The zero-order valence-electron chi connectivity index (χ0n) is 14.9. The zero-order chi connectivity index (χ0) is 18.9. The van der Waals surface area contributed by atoms with Crippen LogP contribution in [0, 0.1) is 0 Å². The van der Waals surface area contributed by atoms with E-state index in [1.165, 1.54) is 0 Å². The minimum Gasteiger partial charge on any atom is -0.248 e. The van der Waals surface area contributed by atoms with Gasteiger partial charge in [-0.3, -0.25) is 0 Å². The van der Waals surface area contributed by atoms with Gasteiger partial charge in [-0.1, -0.05) is 75.4 Å². The molecule has 4 heteroatoms. The lowest BCUT2D eigenvalue weighted by Crippen LogP contribution is -2.10. The SMILES string of the molecule is CC(C)(C)c1ccc(-c2cc(C(F)(F)F)cc(-c3ccccc3)n2)cc1. The summed E-state index contributed by atoms with van der Waals surface area (Å²) in [4.78, 5) is 4.48. The third kappa shape index (κ3) is 3.96. The number of alkyl halides is 3. The van der Waals surface area contributed by atoms with Crippen molar-refractivity contribution >= 4 is 0 Å². The molecular weight excluding hydrogens is 335 g/mol. The van der Waals surface area contributed by atoms with Crippen LogP contribution >= 0.6 is 0 Å². The van der Waals surface area contributed by atoms with Gasteiger partial charge in [0.2, 0.25) is 0 Å². The van der Waals surface area contributed by atoms with Crippen molar-refractivity contribution in [1.82, 2.24) is 4.98 Å². The average Bonchev–Trinajstić information content (AvgIpc) is 2.61. The molecule has 0 aliphatic carbocycles. The molecule has 0 radical (unpaired) electrons. The van der Waals surface area contributed by atoms with Crippen molar-refractivity contribution in [1.29, 1.82) is 0 Å². The molecule has 0 fully saturated rings. The van der Waals surface area contributed by atoms with Gasteiger partial charge >= 0.3 is 6.18 Å². The molecule has 3 rings (SSSR count). The molecule has 0 spiro atoms. The van der Waals surface area contributed by atoms with Gasteiger partial charge in [-0.2, -0.15) is 13.2 Å². The van der Waals surface area contributed by atoms with Crippen LogP contribution in [0.25, 0.3) is 22.5 Å². The van der Waals surface area contributed by atoms with Gasteiger partial charge in [-0.15, -0.1) is 0 Å². The monoisotopic (exact) mass is 355 g/mol. The molecule has 0 saturated carbocycles. The average molecular weight is 355 g/mol. The molecule has 0 atom stereocenters. The molecule has 2 aromatic carbocycles. The van der Waals surface area contributed by atoms with E-state index in [4.69, 9.17) is 0 Å². The summed E-state index contributed by atoms with van der Waals surface area (Å²) in [5.74, 6) is 0. The fourth-order valence-corrected chi connectivity index (χ4v) is 2.74. The number of pyridine rings is 1. The number of rotatable bonds is 2. The highest BCUT2D eigenvalue weighted by Gasteiger charge is 2.32. The highest BCUT2D eigenvalue weighted by molar-refractivity contribution is 5.68.